The molecule has 1 amide bonds. The highest BCUT2D eigenvalue weighted by Crippen LogP contribution is 2.20. The van der Waals surface area contributed by atoms with Gasteiger partial charge in [0.1, 0.15) is 0 Å². The normalized spacial score (nSPS) is 17.3. The van der Waals surface area contributed by atoms with Gasteiger partial charge in [0.05, 0.1) is 11.0 Å². The molecule has 1 aliphatic heterocycles. The van der Waals surface area contributed by atoms with Gasteiger partial charge in [-0.05, 0) is 12.3 Å². The third-order valence-electron chi connectivity index (χ3n) is 3.02. The maximum atomic E-state index is 11.9. The topological polar surface area (TPSA) is 54.5 Å². The van der Waals surface area contributed by atoms with Gasteiger partial charge in [0.15, 0.2) is 9.84 Å². The Bertz CT molecular complexity index is 356. The third-order valence-corrected chi connectivity index (χ3v) is 5.46. The zero-order chi connectivity index (χ0) is 13.1. The molecule has 0 bridgehead atoms. The van der Waals surface area contributed by atoms with Crippen LogP contribution in [0.15, 0.2) is 0 Å². The van der Waals surface area contributed by atoms with Gasteiger partial charge in [-0.3, -0.25) is 4.79 Å². The van der Waals surface area contributed by atoms with E-state index in [0.717, 1.165) is 12.8 Å². The molecule has 17 heavy (non-hydrogen) atoms. The minimum Gasteiger partial charge on any atom is -0.340 e. The van der Waals surface area contributed by atoms with Gasteiger partial charge in [-0.2, -0.15) is 0 Å². The number of rotatable bonds is 6. The van der Waals surface area contributed by atoms with Gasteiger partial charge in [0, 0.05) is 19.5 Å². The number of hydrogen-bond acceptors (Lipinski definition) is 3. The Balaban J connectivity index is 2.38. The molecule has 100 valence electrons. The fourth-order valence-corrected chi connectivity index (χ4v) is 3.97. The van der Waals surface area contributed by atoms with Crippen LogP contribution in [-0.2, 0) is 14.6 Å². The van der Waals surface area contributed by atoms with Crippen molar-refractivity contribution in [1.29, 1.82) is 0 Å². The predicted octanol–water partition coefficient (Wildman–Crippen LogP) is 1.46. The molecule has 0 spiro atoms. The molecule has 0 aromatic heterocycles. The summed E-state index contributed by atoms with van der Waals surface area (Å²) in [6.45, 7) is 6.65. The van der Waals surface area contributed by atoms with Gasteiger partial charge in [-0.1, -0.05) is 27.2 Å². The number of amides is 1. The Hall–Kier alpha value is -0.580. The lowest BCUT2D eigenvalue weighted by Crippen LogP contribution is -2.57. The molecule has 0 unspecified atom stereocenters. The number of hydrogen-bond donors (Lipinski definition) is 0. The maximum Gasteiger partial charge on any atom is 0.222 e. The first-order chi connectivity index (χ1) is 7.86. The molecule has 0 atom stereocenters. The largest absolute Gasteiger partial charge is 0.340 e. The summed E-state index contributed by atoms with van der Waals surface area (Å²) in [7, 11) is -3.00. The molecule has 0 aromatic rings. The van der Waals surface area contributed by atoms with E-state index in [4.69, 9.17) is 0 Å². The van der Waals surface area contributed by atoms with Crippen molar-refractivity contribution in [3.63, 3.8) is 0 Å². The van der Waals surface area contributed by atoms with Crippen molar-refractivity contribution in [2.45, 2.75) is 45.3 Å². The molecule has 1 heterocycles. The summed E-state index contributed by atoms with van der Waals surface area (Å²) in [6.07, 6.45) is 2.43. The quantitative estimate of drug-likeness (QED) is 0.727. The van der Waals surface area contributed by atoms with Gasteiger partial charge >= 0.3 is 0 Å². The Labute approximate surface area is 104 Å². The van der Waals surface area contributed by atoms with Crippen LogP contribution >= 0.6 is 0 Å². The molecule has 0 aliphatic carbocycles. The highest BCUT2D eigenvalue weighted by molar-refractivity contribution is 7.92. The van der Waals surface area contributed by atoms with Crippen LogP contribution in [0.5, 0.6) is 0 Å². The second-order valence-corrected chi connectivity index (χ2v) is 7.57. The highest BCUT2D eigenvalue weighted by Gasteiger charge is 2.39. The van der Waals surface area contributed by atoms with E-state index in [0.29, 0.717) is 19.5 Å². The van der Waals surface area contributed by atoms with Gasteiger partial charge < -0.3 is 4.90 Å². The molecule has 1 aliphatic rings. The van der Waals surface area contributed by atoms with E-state index in [-0.39, 0.29) is 22.8 Å². The first-order valence-corrected chi connectivity index (χ1v) is 8.07. The third kappa shape index (κ3) is 3.98. The number of carbonyl (C=O) groups excluding carboxylic acids is 1. The van der Waals surface area contributed by atoms with Crippen LogP contribution in [0.25, 0.3) is 0 Å². The van der Waals surface area contributed by atoms with Crippen LogP contribution in [0.1, 0.15) is 40.0 Å². The Morgan fingerprint density at radius 1 is 1.35 bits per heavy atom. The number of sulfone groups is 1. The van der Waals surface area contributed by atoms with Gasteiger partial charge in [-0.25, -0.2) is 8.42 Å². The Morgan fingerprint density at radius 2 is 1.94 bits per heavy atom. The second-order valence-electron chi connectivity index (χ2n) is 5.25. The van der Waals surface area contributed by atoms with Crippen LogP contribution in [0.2, 0.25) is 0 Å². The highest BCUT2D eigenvalue weighted by atomic mass is 32.2. The van der Waals surface area contributed by atoms with Crippen molar-refractivity contribution in [2.24, 2.45) is 5.92 Å². The van der Waals surface area contributed by atoms with E-state index >= 15 is 0 Å². The van der Waals surface area contributed by atoms with Gasteiger partial charge in [-0.15, -0.1) is 0 Å². The van der Waals surface area contributed by atoms with Crippen LogP contribution < -0.4 is 0 Å². The second kappa shape index (κ2) is 5.85. The molecular formula is C12H23NO3S. The summed E-state index contributed by atoms with van der Waals surface area (Å²) in [5, 5.41) is -0.324. The van der Waals surface area contributed by atoms with E-state index in [1.807, 2.05) is 20.8 Å². The fourth-order valence-electron chi connectivity index (χ4n) is 1.96. The minimum atomic E-state index is -3.00. The number of nitrogens with zero attached hydrogens (tertiary/aromatic N) is 1. The molecule has 0 radical (unpaired) electrons. The first kappa shape index (κ1) is 14.5. The van der Waals surface area contributed by atoms with Crippen molar-refractivity contribution in [3.8, 4) is 0 Å². The summed E-state index contributed by atoms with van der Waals surface area (Å²) in [6, 6.07) is 0. The summed E-state index contributed by atoms with van der Waals surface area (Å²) >= 11 is 0. The Kier molecular flexibility index (Phi) is 4.98. The van der Waals surface area contributed by atoms with Crippen LogP contribution in [0.4, 0.5) is 0 Å². The van der Waals surface area contributed by atoms with Crippen LogP contribution in [0.3, 0.4) is 0 Å². The minimum absolute atomic E-state index is 0.0999. The van der Waals surface area contributed by atoms with Gasteiger partial charge in [0.2, 0.25) is 5.91 Å². The molecule has 1 rings (SSSR count). The molecule has 4 nitrogen and oxygen atoms in total. The average molecular weight is 261 g/mol. The van der Waals surface area contributed by atoms with Crippen LogP contribution in [-0.4, -0.2) is 43.3 Å². The summed E-state index contributed by atoms with van der Waals surface area (Å²) in [4.78, 5) is 13.3. The predicted molar refractivity (Wildman–Crippen MR) is 68.5 cm³/mol. The molecular weight excluding hydrogens is 238 g/mol. The van der Waals surface area contributed by atoms with Crippen molar-refractivity contribution in [2.75, 3.05) is 18.8 Å². The monoisotopic (exact) mass is 261 g/mol. The smallest absolute Gasteiger partial charge is 0.222 e. The van der Waals surface area contributed by atoms with E-state index in [1.165, 1.54) is 0 Å². The summed E-state index contributed by atoms with van der Waals surface area (Å²) in [5.41, 5.74) is 0. The lowest BCUT2D eigenvalue weighted by atomic mass is 10.1. The molecule has 5 heteroatoms. The zero-order valence-electron chi connectivity index (χ0n) is 11.0. The SMILES string of the molecule is CCCCC(=O)N1CC(S(=O)(=O)CC(C)C)C1. The fraction of sp³-hybridized carbons (Fsp3) is 0.917. The number of likely N-dealkylation sites (tertiary alicyclic amines) is 1. The van der Waals surface area contributed by atoms with E-state index in [9.17, 15) is 13.2 Å². The number of unbranched alkanes of at least 4 members (excludes halogenated alkanes) is 1. The van der Waals surface area contributed by atoms with Crippen molar-refractivity contribution < 1.29 is 13.2 Å². The molecule has 1 fully saturated rings. The lowest BCUT2D eigenvalue weighted by molar-refractivity contribution is -0.134. The molecule has 0 saturated carbocycles. The standard InChI is InChI=1S/C12H23NO3S/c1-4-5-6-12(14)13-7-11(8-13)17(15,16)9-10(2)3/h10-11H,4-9H2,1-3H3. The molecule has 0 N–H and O–H groups in total. The zero-order valence-corrected chi connectivity index (χ0v) is 11.8. The van der Waals surface area contributed by atoms with E-state index in [1.54, 1.807) is 4.90 Å². The molecule has 1 saturated heterocycles. The van der Waals surface area contributed by atoms with E-state index in [2.05, 4.69) is 0 Å². The average Bonchev–Trinajstić information content (AvgIpc) is 2.09. The summed E-state index contributed by atoms with van der Waals surface area (Å²) in [5.74, 6) is 0.488. The van der Waals surface area contributed by atoms with Gasteiger partial charge in [0.25, 0.3) is 0 Å². The lowest BCUT2D eigenvalue weighted by Gasteiger charge is -2.39. The van der Waals surface area contributed by atoms with Crippen LogP contribution in [0, 0.1) is 5.92 Å². The van der Waals surface area contributed by atoms with Crippen molar-refractivity contribution in [1.82, 2.24) is 4.90 Å². The number of carbonyl (C=O) groups is 1. The maximum absolute atomic E-state index is 11.9. The van der Waals surface area contributed by atoms with Crippen molar-refractivity contribution in [3.05, 3.63) is 0 Å². The van der Waals surface area contributed by atoms with E-state index < -0.39 is 9.84 Å². The first-order valence-electron chi connectivity index (χ1n) is 6.36. The summed E-state index contributed by atoms with van der Waals surface area (Å²) < 4.78 is 23.7. The molecule has 0 aromatic carbocycles. The Morgan fingerprint density at radius 3 is 2.41 bits per heavy atom. The van der Waals surface area contributed by atoms with Crippen molar-refractivity contribution >= 4 is 15.7 Å².